The van der Waals surface area contributed by atoms with Crippen LogP contribution in [-0.2, 0) is 9.59 Å². The minimum Gasteiger partial charge on any atom is -0.346 e. The van der Waals surface area contributed by atoms with Crippen LogP contribution in [-0.4, -0.2) is 47.4 Å². The lowest BCUT2D eigenvalue weighted by atomic mass is 10.0. The number of carbonyl (C=O) groups is 2. The van der Waals surface area contributed by atoms with Gasteiger partial charge in [0.15, 0.2) is 0 Å². The predicted molar refractivity (Wildman–Crippen MR) is 84.9 cm³/mol. The van der Waals surface area contributed by atoms with Crippen molar-refractivity contribution in [1.29, 1.82) is 0 Å². The topological polar surface area (TPSA) is 75.4 Å². The number of nitrogens with two attached hydrogens (primary N) is 1. The molecule has 1 aliphatic rings. The maximum absolute atomic E-state index is 12.4. The molecular formula is C15H21N3O2S. The summed E-state index contributed by atoms with van der Waals surface area (Å²) in [5, 5.41) is 2.88. The smallest absolute Gasteiger partial charge is 0.242 e. The van der Waals surface area contributed by atoms with E-state index in [1.54, 1.807) is 0 Å². The third-order valence-electron chi connectivity index (χ3n) is 3.58. The molecule has 0 aliphatic carbocycles. The number of thioether (sulfide) groups is 1. The van der Waals surface area contributed by atoms with Crippen molar-refractivity contribution in [3.8, 4) is 0 Å². The quantitative estimate of drug-likeness (QED) is 0.861. The number of nitrogens with zero attached hydrogens (tertiary/aromatic N) is 1. The Bertz CT molecular complexity index is 495. The zero-order chi connectivity index (χ0) is 15.2. The van der Waals surface area contributed by atoms with Gasteiger partial charge in [0, 0.05) is 17.5 Å². The first-order valence-corrected chi connectivity index (χ1v) is 8.11. The zero-order valence-electron chi connectivity index (χ0n) is 12.1. The Morgan fingerprint density at radius 1 is 1.38 bits per heavy atom. The molecule has 21 heavy (non-hydrogen) atoms. The van der Waals surface area contributed by atoms with Gasteiger partial charge < -0.3 is 16.0 Å². The molecule has 1 fully saturated rings. The average Bonchev–Trinajstić information content (AvgIpc) is 2.52. The standard InChI is InChI=1S/C15H21N3O2S/c1-11-15(12-5-3-2-4-6-12)18(7-8-21-11)14(20)10-17-13(19)9-16/h2-6,11,15H,7-10,16H2,1H3,(H,17,19). The minimum atomic E-state index is -0.306. The number of carbonyl (C=O) groups excluding carboxylic acids is 2. The summed E-state index contributed by atoms with van der Waals surface area (Å²) in [4.78, 5) is 25.5. The van der Waals surface area contributed by atoms with Crippen LogP contribution in [0.5, 0.6) is 0 Å². The van der Waals surface area contributed by atoms with Crippen LogP contribution in [0.2, 0.25) is 0 Å². The first-order valence-electron chi connectivity index (χ1n) is 7.06. The molecule has 0 bridgehead atoms. The second kappa shape index (κ2) is 7.47. The van der Waals surface area contributed by atoms with Gasteiger partial charge in [-0.05, 0) is 5.56 Å². The summed E-state index contributed by atoms with van der Waals surface area (Å²) in [6, 6.07) is 10.1. The van der Waals surface area contributed by atoms with Gasteiger partial charge in [-0.1, -0.05) is 37.3 Å². The Kier molecular flexibility index (Phi) is 5.64. The van der Waals surface area contributed by atoms with Gasteiger partial charge in [-0.25, -0.2) is 0 Å². The van der Waals surface area contributed by atoms with E-state index in [1.165, 1.54) is 0 Å². The van der Waals surface area contributed by atoms with Crippen LogP contribution in [0.1, 0.15) is 18.5 Å². The van der Waals surface area contributed by atoms with Gasteiger partial charge in [-0.2, -0.15) is 11.8 Å². The van der Waals surface area contributed by atoms with Gasteiger partial charge in [-0.3, -0.25) is 9.59 Å². The van der Waals surface area contributed by atoms with E-state index in [-0.39, 0.29) is 30.9 Å². The highest BCUT2D eigenvalue weighted by molar-refractivity contribution is 8.00. The molecule has 114 valence electrons. The van der Waals surface area contributed by atoms with Gasteiger partial charge in [-0.15, -0.1) is 0 Å². The summed E-state index contributed by atoms with van der Waals surface area (Å²) in [5.41, 5.74) is 6.37. The number of amides is 2. The number of hydrogen-bond donors (Lipinski definition) is 2. The number of nitrogens with one attached hydrogen (secondary N) is 1. The van der Waals surface area contributed by atoms with E-state index in [0.717, 1.165) is 11.3 Å². The summed E-state index contributed by atoms with van der Waals surface area (Å²) in [6.45, 7) is 2.75. The second-order valence-electron chi connectivity index (χ2n) is 5.00. The van der Waals surface area contributed by atoms with Gasteiger partial charge in [0.2, 0.25) is 11.8 Å². The fraction of sp³-hybridized carbons (Fsp3) is 0.467. The Balaban J connectivity index is 2.11. The fourth-order valence-electron chi connectivity index (χ4n) is 2.55. The van der Waals surface area contributed by atoms with Crippen molar-refractivity contribution in [3.63, 3.8) is 0 Å². The first-order chi connectivity index (χ1) is 10.1. The lowest BCUT2D eigenvalue weighted by molar-refractivity contribution is -0.134. The van der Waals surface area contributed by atoms with Crippen LogP contribution in [0, 0.1) is 0 Å². The molecule has 2 rings (SSSR count). The Hall–Kier alpha value is -1.53. The van der Waals surface area contributed by atoms with Gasteiger partial charge in [0.25, 0.3) is 0 Å². The van der Waals surface area contributed by atoms with Crippen molar-refractivity contribution >= 4 is 23.6 Å². The number of hydrogen-bond acceptors (Lipinski definition) is 4. The largest absolute Gasteiger partial charge is 0.346 e. The SMILES string of the molecule is CC1SCCN(C(=O)CNC(=O)CN)C1c1ccccc1. The molecule has 6 heteroatoms. The molecule has 5 nitrogen and oxygen atoms in total. The maximum Gasteiger partial charge on any atom is 0.242 e. The summed E-state index contributed by atoms with van der Waals surface area (Å²) in [6.07, 6.45) is 0. The first kappa shape index (κ1) is 15.9. The van der Waals surface area contributed by atoms with E-state index in [2.05, 4.69) is 12.2 Å². The Labute approximate surface area is 129 Å². The van der Waals surface area contributed by atoms with Crippen molar-refractivity contribution in [2.45, 2.75) is 18.2 Å². The predicted octanol–water partition coefficient (Wildman–Crippen LogP) is 0.767. The minimum absolute atomic E-state index is 0.0107. The zero-order valence-corrected chi connectivity index (χ0v) is 12.9. The molecule has 1 aromatic carbocycles. The van der Waals surface area contributed by atoms with Crippen molar-refractivity contribution in [2.75, 3.05) is 25.4 Å². The van der Waals surface area contributed by atoms with Crippen LogP contribution in [0.25, 0.3) is 0 Å². The van der Waals surface area contributed by atoms with E-state index in [0.29, 0.717) is 11.8 Å². The van der Waals surface area contributed by atoms with Crippen molar-refractivity contribution in [3.05, 3.63) is 35.9 Å². The van der Waals surface area contributed by atoms with Crippen molar-refractivity contribution < 1.29 is 9.59 Å². The lowest BCUT2D eigenvalue weighted by Gasteiger charge is -2.40. The van der Waals surface area contributed by atoms with E-state index >= 15 is 0 Å². The third kappa shape index (κ3) is 3.98. The molecule has 0 spiro atoms. The highest BCUT2D eigenvalue weighted by Gasteiger charge is 2.33. The fourth-order valence-corrected chi connectivity index (χ4v) is 3.71. The maximum atomic E-state index is 12.4. The van der Waals surface area contributed by atoms with Crippen molar-refractivity contribution in [2.24, 2.45) is 5.73 Å². The van der Waals surface area contributed by atoms with Gasteiger partial charge in [0.1, 0.15) is 0 Å². The highest BCUT2D eigenvalue weighted by Crippen LogP contribution is 2.35. The van der Waals surface area contributed by atoms with Crippen LogP contribution < -0.4 is 11.1 Å². The van der Waals surface area contributed by atoms with Crippen LogP contribution in [0.4, 0.5) is 0 Å². The van der Waals surface area contributed by atoms with Crippen LogP contribution in [0.15, 0.2) is 30.3 Å². The molecule has 3 N–H and O–H groups in total. The van der Waals surface area contributed by atoms with E-state index in [1.807, 2.05) is 47.0 Å². The Morgan fingerprint density at radius 3 is 2.76 bits per heavy atom. The van der Waals surface area contributed by atoms with E-state index < -0.39 is 0 Å². The Morgan fingerprint density at radius 2 is 2.10 bits per heavy atom. The molecular weight excluding hydrogens is 286 g/mol. The van der Waals surface area contributed by atoms with Gasteiger partial charge in [0.05, 0.1) is 19.1 Å². The summed E-state index contributed by atoms with van der Waals surface area (Å²) in [5.74, 6) is 0.554. The normalized spacial score (nSPS) is 21.9. The molecule has 1 aliphatic heterocycles. The molecule has 0 radical (unpaired) electrons. The average molecular weight is 307 g/mol. The van der Waals surface area contributed by atoms with Crippen LogP contribution in [0.3, 0.4) is 0 Å². The molecule has 0 aromatic heterocycles. The van der Waals surface area contributed by atoms with Gasteiger partial charge >= 0.3 is 0 Å². The molecule has 2 atom stereocenters. The summed E-state index contributed by atoms with van der Waals surface area (Å²) < 4.78 is 0. The lowest BCUT2D eigenvalue weighted by Crippen LogP contribution is -2.48. The second-order valence-corrected chi connectivity index (χ2v) is 6.48. The van der Waals surface area contributed by atoms with Crippen molar-refractivity contribution in [1.82, 2.24) is 10.2 Å². The summed E-state index contributed by atoms with van der Waals surface area (Å²) in [7, 11) is 0. The monoisotopic (exact) mass is 307 g/mol. The molecule has 2 unspecified atom stereocenters. The van der Waals surface area contributed by atoms with E-state index in [4.69, 9.17) is 5.73 Å². The molecule has 1 saturated heterocycles. The van der Waals surface area contributed by atoms with E-state index in [9.17, 15) is 9.59 Å². The number of rotatable bonds is 4. The van der Waals surface area contributed by atoms with Crippen LogP contribution >= 0.6 is 11.8 Å². The summed E-state index contributed by atoms with van der Waals surface area (Å²) >= 11 is 1.87. The molecule has 1 heterocycles. The molecule has 0 saturated carbocycles. The molecule has 2 amide bonds. The molecule has 1 aromatic rings. The number of benzene rings is 1. The third-order valence-corrected chi connectivity index (χ3v) is 4.78. The highest BCUT2D eigenvalue weighted by atomic mass is 32.2.